The van der Waals surface area contributed by atoms with Crippen LogP contribution in [-0.4, -0.2) is 37.7 Å². The SMILES string of the molecule is O=[N+]([O-])c1ccccc1CSc1nnc(CN2CCCCC2)n1-c1ccc(F)cc1. The van der Waals surface area contributed by atoms with Gasteiger partial charge in [-0.25, -0.2) is 4.39 Å². The van der Waals surface area contributed by atoms with E-state index in [9.17, 15) is 14.5 Å². The highest BCUT2D eigenvalue weighted by Gasteiger charge is 2.20. The molecule has 1 saturated heterocycles. The van der Waals surface area contributed by atoms with Gasteiger partial charge in [0.25, 0.3) is 5.69 Å². The normalized spacial score (nSPS) is 14.7. The fourth-order valence-electron chi connectivity index (χ4n) is 3.62. The molecule has 30 heavy (non-hydrogen) atoms. The number of likely N-dealkylation sites (tertiary alicyclic amines) is 1. The van der Waals surface area contributed by atoms with Crippen molar-refractivity contribution in [3.05, 3.63) is 75.9 Å². The van der Waals surface area contributed by atoms with Gasteiger partial charge in [0.15, 0.2) is 11.0 Å². The molecule has 4 rings (SSSR count). The summed E-state index contributed by atoms with van der Waals surface area (Å²) in [5.74, 6) is 0.868. The molecule has 9 heteroatoms. The van der Waals surface area contributed by atoms with Crippen molar-refractivity contribution in [1.82, 2.24) is 19.7 Å². The first-order chi connectivity index (χ1) is 14.6. The van der Waals surface area contributed by atoms with Gasteiger partial charge >= 0.3 is 0 Å². The van der Waals surface area contributed by atoms with E-state index < -0.39 is 0 Å². The molecule has 0 bridgehead atoms. The van der Waals surface area contributed by atoms with Crippen LogP contribution < -0.4 is 0 Å². The van der Waals surface area contributed by atoms with Crippen LogP contribution in [0.15, 0.2) is 53.7 Å². The smallest absolute Gasteiger partial charge is 0.273 e. The second-order valence-corrected chi connectivity index (χ2v) is 8.16. The molecule has 0 saturated carbocycles. The third-order valence-electron chi connectivity index (χ3n) is 5.14. The van der Waals surface area contributed by atoms with Gasteiger partial charge in [-0.3, -0.25) is 19.6 Å². The van der Waals surface area contributed by atoms with Crippen LogP contribution in [0.25, 0.3) is 5.69 Å². The quantitative estimate of drug-likeness (QED) is 0.312. The van der Waals surface area contributed by atoms with E-state index >= 15 is 0 Å². The maximum Gasteiger partial charge on any atom is 0.273 e. The highest BCUT2D eigenvalue weighted by Crippen LogP contribution is 2.29. The van der Waals surface area contributed by atoms with Crippen LogP contribution in [0.3, 0.4) is 0 Å². The van der Waals surface area contributed by atoms with E-state index in [0.717, 1.165) is 24.6 Å². The Morgan fingerprint density at radius 1 is 1.03 bits per heavy atom. The zero-order valence-electron chi connectivity index (χ0n) is 16.4. The van der Waals surface area contributed by atoms with Crippen molar-refractivity contribution in [2.75, 3.05) is 13.1 Å². The number of thioether (sulfide) groups is 1. The van der Waals surface area contributed by atoms with E-state index in [0.29, 0.717) is 23.0 Å². The van der Waals surface area contributed by atoms with Crippen molar-refractivity contribution in [2.45, 2.75) is 36.7 Å². The molecule has 0 aliphatic carbocycles. The van der Waals surface area contributed by atoms with Gasteiger partial charge in [0, 0.05) is 23.1 Å². The summed E-state index contributed by atoms with van der Waals surface area (Å²) in [6.07, 6.45) is 3.59. The van der Waals surface area contributed by atoms with Crippen LogP contribution in [0.2, 0.25) is 0 Å². The summed E-state index contributed by atoms with van der Waals surface area (Å²) >= 11 is 1.39. The number of nitro groups is 1. The molecule has 0 unspecified atom stereocenters. The lowest BCUT2D eigenvalue weighted by Crippen LogP contribution is -2.30. The molecule has 0 N–H and O–H groups in total. The first-order valence-corrected chi connectivity index (χ1v) is 10.9. The van der Waals surface area contributed by atoms with Gasteiger partial charge in [-0.2, -0.15) is 0 Å². The van der Waals surface area contributed by atoms with Crippen LogP contribution in [0.4, 0.5) is 10.1 Å². The number of aromatic nitrogens is 3. The number of hydrogen-bond donors (Lipinski definition) is 0. The van der Waals surface area contributed by atoms with Gasteiger partial charge < -0.3 is 0 Å². The van der Waals surface area contributed by atoms with Gasteiger partial charge in [-0.1, -0.05) is 36.4 Å². The van der Waals surface area contributed by atoms with Crippen LogP contribution in [0, 0.1) is 15.9 Å². The Morgan fingerprint density at radius 3 is 2.50 bits per heavy atom. The zero-order valence-corrected chi connectivity index (χ0v) is 17.2. The summed E-state index contributed by atoms with van der Waals surface area (Å²) in [4.78, 5) is 13.3. The predicted octanol–water partition coefficient (Wildman–Crippen LogP) is 4.59. The summed E-state index contributed by atoms with van der Waals surface area (Å²) in [5, 5.41) is 20.7. The molecule has 0 spiro atoms. The molecular weight excluding hydrogens is 405 g/mol. The molecule has 0 atom stereocenters. The molecule has 1 aromatic heterocycles. The Morgan fingerprint density at radius 2 is 1.77 bits per heavy atom. The third kappa shape index (κ3) is 4.68. The first-order valence-electron chi connectivity index (χ1n) is 9.89. The van der Waals surface area contributed by atoms with Crippen molar-refractivity contribution in [3.8, 4) is 5.69 Å². The lowest BCUT2D eigenvalue weighted by molar-refractivity contribution is -0.385. The Balaban J connectivity index is 1.62. The molecular formula is C21H22FN5O2S. The number of nitro benzene ring substituents is 1. The van der Waals surface area contributed by atoms with Crippen LogP contribution >= 0.6 is 11.8 Å². The summed E-state index contributed by atoms with van der Waals surface area (Å²) in [6, 6.07) is 12.9. The maximum atomic E-state index is 13.5. The second kappa shape index (κ2) is 9.36. The van der Waals surface area contributed by atoms with Crippen molar-refractivity contribution in [2.24, 2.45) is 0 Å². The predicted molar refractivity (Wildman–Crippen MR) is 113 cm³/mol. The van der Waals surface area contributed by atoms with Crippen molar-refractivity contribution in [3.63, 3.8) is 0 Å². The van der Waals surface area contributed by atoms with Crippen LogP contribution in [-0.2, 0) is 12.3 Å². The van der Waals surface area contributed by atoms with E-state index in [1.54, 1.807) is 30.3 Å². The lowest BCUT2D eigenvalue weighted by Gasteiger charge is -2.26. The second-order valence-electron chi connectivity index (χ2n) is 7.22. The molecule has 2 heterocycles. The van der Waals surface area contributed by atoms with Crippen molar-refractivity contribution >= 4 is 17.4 Å². The van der Waals surface area contributed by atoms with E-state index in [4.69, 9.17) is 0 Å². The fraction of sp³-hybridized carbons (Fsp3) is 0.333. The Labute approximate surface area is 178 Å². The largest absolute Gasteiger partial charge is 0.296 e. The summed E-state index contributed by atoms with van der Waals surface area (Å²) in [6.45, 7) is 2.71. The van der Waals surface area contributed by atoms with Crippen LogP contribution in [0.1, 0.15) is 30.7 Å². The molecule has 156 valence electrons. The summed E-state index contributed by atoms with van der Waals surface area (Å²) in [5.41, 5.74) is 1.49. The Bertz CT molecular complexity index is 1020. The third-order valence-corrected chi connectivity index (χ3v) is 6.12. The first kappa shape index (κ1) is 20.5. The molecule has 1 aliphatic heterocycles. The van der Waals surface area contributed by atoms with E-state index in [-0.39, 0.29) is 16.4 Å². The summed E-state index contributed by atoms with van der Waals surface area (Å²) in [7, 11) is 0. The van der Waals surface area contributed by atoms with Crippen LogP contribution in [0.5, 0.6) is 0 Å². The zero-order chi connectivity index (χ0) is 20.9. The monoisotopic (exact) mass is 427 g/mol. The molecule has 2 aromatic carbocycles. The van der Waals surface area contributed by atoms with E-state index in [1.165, 1.54) is 49.2 Å². The van der Waals surface area contributed by atoms with Gasteiger partial charge in [0.05, 0.1) is 11.5 Å². The van der Waals surface area contributed by atoms with Gasteiger partial charge in [0.2, 0.25) is 0 Å². The Kier molecular flexibility index (Phi) is 6.39. The number of nitrogens with zero attached hydrogens (tertiary/aromatic N) is 5. The van der Waals surface area contributed by atoms with Crippen molar-refractivity contribution in [1.29, 1.82) is 0 Å². The molecule has 0 radical (unpaired) electrons. The minimum absolute atomic E-state index is 0.0892. The number of para-hydroxylation sites is 1. The molecule has 1 aliphatic rings. The molecule has 0 amide bonds. The molecule has 1 fully saturated rings. The molecule has 3 aromatic rings. The number of piperidine rings is 1. The van der Waals surface area contributed by atoms with Gasteiger partial charge in [-0.15, -0.1) is 10.2 Å². The highest BCUT2D eigenvalue weighted by atomic mass is 32.2. The van der Waals surface area contributed by atoms with Gasteiger partial charge in [0.1, 0.15) is 5.82 Å². The Hall–Kier alpha value is -2.78. The minimum Gasteiger partial charge on any atom is -0.296 e. The molecule has 7 nitrogen and oxygen atoms in total. The lowest BCUT2D eigenvalue weighted by atomic mass is 10.1. The number of halogens is 1. The number of benzene rings is 2. The minimum atomic E-state index is -0.373. The topological polar surface area (TPSA) is 77.1 Å². The highest BCUT2D eigenvalue weighted by molar-refractivity contribution is 7.98. The van der Waals surface area contributed by atoms with E-state index in [2.05, 4.69) is 15.1 Å². The summed E-state index contributed by atoms with van der Waals surface area (Å²) < 4.78 is 15.4. The van der Waals surface area contributed by atoms with Gasteiger partial charge in [-0.05, 0) is 50.2 Å². The van der Waals surface area contributed by atoms with E-state index in [1.807, 2.05) is 4.57 Å². The maximum absolute atomic E-state index is 13.5. The number of rotatable bonds is 7. The van der Waals surface area contributed by atoms with Crippen molar-refractivity contribution < 1.29 is 9.31 Å². The standard InChI is InChI=1S/C21H22FN5O2S/c22-17-8-10-18(11-9-17)26-20(14-25-12-4-1-5-13-25)23-24-21(26)30-15-16-6-2-3-7-19(16)27(28)29/h2-3,6-11H,1,4-5,12-15H2. The average Bonchev–Trinajstić information content (AvgIpc) is 3.16. The fourth-order valence-corrected chi connectivity index (χ4v) is 4.58. The number of hydrogen-bond acceptors (Lipinski definition) is 6. The average molecular weight is 428 g/mol.